The lowest BCUT2D eigenvalue weighted by molar-refractivity contribution is -0.161. The summed E-state index contributed by atoms with van der Waals surface area (Å²) in [4.78, 5) is 72.2. The van der Waals surface area contributed by atoms with Gasteiger partial charge < -0.3 is 33.8 Å². The molecule has 0 radical (unpaired) electrons. The first-order valence-electron chi connectivity index (χ1n) is 34.0. The van der Waals surface area contributed by atoms with Crippen molar-refractivity contribution in [3.05, 3.63) is 0 Å². The first-order valence-corrected chi connectivity index (χ1v) is 37.0. The highest BCUT2D eigenvalue weighted by molar-refractivity contribution is 7.47. The van der Waals surface area contributed by atoms with Crippen molar-refractivity contribution in [2.45, 2.75) is 342 Å². The zero-order chi connectivity index (χ0) is 62.2. The molecule has 0 heterocycles. The van der Waals surface area contributed by atoms with E-state index < -0.39 is 97.5 Å². The summed E-state index contributed by atoms with van der Waals surface area (Å²) in [6.45, 7) is 9.44. The topological polar surface area (TPSA) is 237 Å². The second-order valence-corrected chi connectivity index (χ2v) is 27.4. The molecule has 0 aliphatic carbocycles. The van der Waals surface area contributed by atoms with Gasteiger partial charge in [-0.3, -0.25) is 37.3 Å². The number of aliphatic hydroxyl groups excluding tert-OH is 1. The minimum atomic E-state index is -4.95. The Morgan fingerprint density at radius 3 is 0.810 bits per heavy atom. The summed E-state index contributed by atoms with van der Waals surface area (Å²) in [6, 6.07) is 0. The highest BCUT2D eigenvalue weighted by Crippen LogP contribution is 2.45. The summed E-state index contributed by atoms with van der Waals surface area (Å²) in [5, 5.41) is 10.5. The fraction of sp³-hybridized carbons (Fsp3) is 0.938. The van der Waals surface area contributed by atoms with Crippen molar-refractivity contribution in [3.63, 3.8) is 0 Å². The summed E-state index contributed by atoms with van der Waals surface area (Å²) in [5.41, 5.74) is 0. The van der Waals surface area contributed by atoms with Crippen LogP contribution in [-0.2, 0) is 65.4 Å². The third-order valence-corrected chi connectivity index (χ3v) is 16.9. The smallest absolute Gasteiger partial charge is 0.462 e. The summed E-state index contributed by atoms with van der Waals surface area (Å²) in [6.07, 6.45) is 40.3. The van der Waals surface area contributed by atoms with Crippen LogP contribution in [0.25, 0.3) is 0 Å². The first-order chi connectivity index (χ1) is 40.4. The van der Waals surface area contributed by atoms with Gasteiger partial charge in [-0.15, -0.1) is 0 Å². The number of phosphoric ester groups is 2. The zero-order valence-corrected chi connectivity index (χ0v) is 56.0. The molecule has 2 unspecified atom stereocenters. The molecule has 0 saturated heterocycles. The minimum Gasteiger partial charge on any atom is -0.462 e. The maximum atomic E-state index is 13.0. The SMILES string of the molecule is CCCCCCCCCCCCC(=O)O[C@H](COC(=O)CCCCCCCCCCC)COP(=O)(O)OC[C@H](O)COP(=O)(O)OC[C@@H](COC(=O)CCCCCCCCCC(C)C)OC(=O)CCCCCCCCCCCCCCC(C)C. The van der Waals surface area contributed by atoms with Crippen molar-refractivity contribution in [2.24, 2.45) is 11.8 Å². The maximum Gasteiger partial charge on any atom is 0.472 e. The molecule has 0 bridgehead atoms. The van der Waals surface area contributed by atoms with Crippen LogP contribution in [0.1, 0.15) is 324 Å². The number of esters is 4. The van der Waals surface area contributed by atoms with Crippen LogP contribution in [0.15, 0.2) is 0 Å². The van der Waals surface area contributed by atoms with Gasteiger partial charge in [0.05, 0.1) is 26.4 Å². The predicted octanol–water partition coefficient (Wildman–Crippen LogP) is 18.0. The third kappa shape index (κ3) is 59.0. The molecular formula is C65H126O17P2. The third-order valence-electron chi connectivity index (χ3n) is 15.0. The lowest BCUT2D eigenvalue weighted by atomic mass is 10.0. The Kier molecular flexibility index (Phi) is 56.2. The van der Waals surface area contributed by atoms with Crippen molar-refractivity contribution in [1.29, 1.82) is 0 Å². The van der Waals surface area contributed by atoms with E-state index in [2.05, 4.69) is 41.5 Å². The average molecular weight is 1240 g/mol. The molecule has 84 heavy (non-hydrogen) atoms. The van der Waals surface area contributed by atoms with E-state index in [9.17, 15) is 43.2 Å². The Labute approximate surface area is 511 Å². The van der Waals surface area contributed by atoms with Crippen molar-refractivity contribution in [2.75, 3.05) is 39.6 Å². The van der Waals surface area contributed by atoms with Gasteiger partial charge in [-0.05, 0) is 37.5 Å². The Morgan fingerprint density at radius 2 is 0.548 bits per heavy atom. The van der Waals surface area contributed by atoms with Crippen molar-refractivity contribution < 1.29 is 80.2 Å². The lowest BCUT2D eigenvalue weighted by Crippen LogP contribution is -2.30. The normalized spacial score (nSPS) is 14.3. The van der Waals surface area contributed by atoms with Crippen LogP contribution in [-0.4, -0.2) is 96.7 Å². The number of ether oxygens (including phenoxy) is 4. The Morgan fingerprint density at radius 1 is 0.321 bits per heavy atom. The highest BCUT2D eigenvalue weighted by atomic mass is 31.2. The molecule has 0 aliphatic rings. The van der Waals surface area contributed by atoms with Gasteiger partial charge in [-0.25, -0.2) is 9.13 Å². The van der Waals surface area contributed by atoms with E-state index in [4.69, 9.17) is 37.0 Å². The van der Waals surface area contributed by atoms with Crippen LogP contribution in [0.3, 0.4) is 0 Å². The molecule has 17 nitrogen and oxygen atoms in total. The number of rotatable bonds is 64. The molecule has 0 fully saturated rings. The predicted molar refractivity (Wildman–Crippen MR) is 335 cm³/mol. The summed E-state index contributed by atoms with van der Waals surface area (Å²) in [7, 11) is -9.89. The van der Waals surface area contributed by atoms with Crippen LogP contribution < -0.4 is 0 Å². The van der Waals surface area contributed by atoms with Gasteiger partial charge in [0.1, 0.15) is 19.3 Å². The number of hydrogen-bond donors (Lipinski definition) is 3. The van der Waals surface area contributed by atoms with Crippen molar-refractivity contribution >= 4 is 39.5 Å². The van der Waals surface area contributed by atoms with Gasteiger partial charge in [0.2, 0.25) is 0 Å². The lowest BCUT2D eigenvalue weighted by Gasteiger charge is -2.21. The summed E-state index contributed by atoms with van der Waals surface area (Å²) in [5.74, 6) is -0.652. The monoisotopic (exact) mass is 1240 g/mol. The molecule has 498 valence electrons. The van der Waals surface area contributed by atoms with Gasteiger partial charge in [-0.2, -0.15) is 0 Å². The largest absolute Gasteiger partial charge is 0.472 e. The van der Waals surface area contributed by atoms with E-state index >= 15 is 0 Å². The van der Waals surface area contributed by atoms with Crippen LogP contribution in [0.5, 0.6) is 0 Å². The summed E-state index contributed by atoms with van der Waals surface area (Å²) < 4.78 is 68.0. The quantitative estimate of drug-likeness (QED) is 0.0222. The van der Waals surface area contributed by atoms with Gasteiger partial charge >= 0.3 is 39.5 Å². The standard InChI is InChI=1S/C65H126O17P2/c1-7-9-11-13-15-17-24-30-37-43-49-64(69)81-60(53-75-62(67)47-41-35-29-22-16-14-12-10-8-2)55-79-83(71,72)77-51-59(66)52-78-84(73,74)80-56-61(54-76-63(68)48-42-36-32-26-28-34-40-46-58(5)6)82-65(70)50-44-38-31-25-21-19-18-20-23-27-33-39-45-57(3)4/h57-61,66H,7-56H2,1-6H3,(H,71,72)(H,73,74)/t59-,60+,61+/m0/s1. The number of phosphoric acid groups is 2. The molecule has 5 atom stereocenters. The number of carbonyl (C=O) groups excluding carboxylic acids is 4. The molecule has 0 spiro atoms. The Balaban J connectivity index is 5.22. The molecular weight excluding hydrogens is 1110 g/mol. The zero-order valence-electron chi connectivity index (χ0n) is 54.2. The van der Waals surface area contributed by atoms with E-state index in [-0.39, 0.29) is 25.7 Å². The van der Waals surface area contributed by atoms with Crippen molar-refractivity contribution in [1.82, 2.24) is 0 Å². The molecule has 19 heteroatoms. The van der Waals surface area contributed by atoms with Gasteiger partial charge in [0.15, 0.2) is 12.2 Å². The molecule has 0 aromatic rings. The molecule has 0 aromatic carbocycles. The number of hydrogen-bond acceptors (Lipinski definition) is 15. The van der Waals surface area contributed by atoms with Crippen LogP contribution in [0, 0.1) is 11.8 Å². The number of unbranched alkanes of at least 4 members (excludes halogenated alkanes) is 34. The van der Waals surface area contributed by atoms with E-state index in [0.717, 1.165) is 102 Å². The van der Waals surface area contributed by atoms with Crippen molar-refractivity contribution in [3.8, 4) is 0 Å². The highest BCUT2D eigenvalue weighted by Gasteiger charge is 2.30. The molecule has 0 amide bonds. The van der Waals surface area contributed by atoms with Gasteiger partial charge in [-0.1, -0.05) is 273 Å². The van der Waals surface area contributed by atoms with E-state index in [1.165, 1.54) is 135 Å². The van der Waals surface area contributed by atoms with E-state index in [1.807, 2.05) is 0 Å². The van der Waals surface area contributed by atoms with Crippen LogP contribution in [0.2, 0.25) is 0 Å². The van der Waals surface area contributed by atoms with Crippen LogP contribution >= 0.6 is 15.6 Å². The number of aliphatic hydroxyl groups is 1. The van der Waals surface area contributed by atoms with Crippen LogP contribution in [0.4, 0.5) is 0 Å². The van der Waals surface area contributed by atoms with E-state index in [1.54, 1.807) is 0 Å². The fourth-order valence-corrected chi connectivity index (χ4v) is 11.3. The van der Waals surface area contributed by atoms with Gasteiger partial charge in [0.25, 0.3) is 0 Å². The first kappa shape index (κ1) is 82.1. The second kappa shape index (κ2) is 57.5. The molecule has 0 saturated carbocycles. The molecule has 0 rings (SSSR count). The second-order valence-electron chi connectivity index (χ2n) is 24.5. The molecule has 0 aromatic heterocycles. The fourth-order valence-electron chi connectivity index (χ4n) is 9.71. The maximum absolute atomic E-state index is 13.0. The Bertz CT molecular complexity index is 1650. The van der Waals surface area contributed by atoms with E-state index in [0.29, 0.717) is 31.6 Å². The minimum absolute atomic E-state index is 0.106. The summed E-state index contributed by atoms with van der Waals surface area (Å²) >= 11 is 0. The average Bonchev–Trinajstić information content (AvgIpc) is 3.54. The molecule has 3 N–H and O–H groups in total. The van der Waals surface area contributed by atoms with Gasteiger partial charge in [0, 0.05) is 25.7 Å². The number of carbonyl (C=O) groups is 4. The molecule has 0 aliphatic heterocycles. The Hall–Kier alpha value is -1.94.